The third kappa shape index (κ3) is 5.84. The number of hydrogen-bond acceptors (Lipinski definition) is 4. The zero-order valence-corrected chi connectivity index (χ0v) is 17.0. The van der Waals surface area contributed by atoms with E-state index in [9.17, 15) is 9.59 Å². The number of nitrogens with one attached hydrogen (secondary N) is 2. The van der Waals surface area contributed by atoms with Crippen molar-refractivity contribution in [1.82, 2.24) is 15.1 Å². The van der Waals surface area contributed by atoms with Gasteiger partial charge in [0, 0.05) is 30.3 Å². The number of guanidine groups is 1. The Labute approximate surface area is 175 Å². The largest absolute Gasteiger partial charge is 0.341 e. The average Bonchev–Trinajstić information content (AvgIpc) is 3.18. The van der Waals surface area contributed by atoms with Gasteiger partial charge in [-0.3, -0.25) is 14.9 Å². The van der Waals surface area contributed by atoms with Crippen LogP contribution in [-0.2, 0) is 9.59 Å². The van der Waals surface area contributed by atoms with Gasteiger partial charge in [0.05, 0.1) is 6.54 Å². The molecule has 3 rings (SSSR count). The van der Waals surface area contributed by atoms with Crippen molar-refractivity contribution in [2.75, 3.05) is 31.5 Å². The summed E-state index contributed by atoms with van der Waals surface area (Å²) >= 11 is 6.00. The molecule has 154 valence electrons. The van der Waals surface area contributed by atoms with Gasteiger partial charge in [0.25, 0.3) is 0 Å². The maximum absolute atomic E-state index is 13.0. The maximum atomic E-state index is 13.0. The molecule has 1 unspecified atom stereocenters. The number of benzene rings is 1. The fraction of sp³-hybridized carbons (Fsp3) is 0.500. The normalized spacial score (nSPS) is 20.2. The van der Waals surface area contributed by atoms with Crippen molar-refractivity contribution in [2.24, 2.45) is 4.99 Å². The molecular weight excluding hydrogens is 392 g/mol. The number of amides is 2. The number of rotatable bonds is 4. The summed E-state index contributed by atoms with van der Waals surface area (Å²) in [6.07, 6.45) is 6.10. The minimum atomic E-state index is -0.647. The molecule has 2 amide bonds. The molecule has 2 N–H and O–H groups in total. The Morgan fingerprint density at radius 1 is 1.24 bits per heavy atom. The van der Waals surface area contributed by atoms with E-state index < -0.39 is 6.04 Å². The summed E-state index contributed by atoms with van der Waals surface area (Å²) in [4.78, 5) is 33.4. The molecule has 1 atom stereocenters. The van der Waals surface area contributed by atoms with Crippen LogP contribution in [0.2, 0.25) is 5.02 Å². The summed E-state index contributed by atoms with van der Waals surface area (Å²) in [5.41, 5.74) is 0.654. The van der Waals surface area contributed by atoms with Crippen molar-refractivity contribution in [3.8, 4) is 6.19 Å². The standard InChI is InChI=1S/C20H25ClN6O2/c21-15-6-5-7-16(12-15)24-20(23-14-22)25-17-8-1-2-11-27(19(17)29)13-18(28)26-9-3-4-10-26/h5-7,12,17H,1-4,8-11,13H2,(H2,23,24,25). The molecule has 0 bridgehead atoms. The molecule has 2 aliphatic heterocycles. The average molecular weight is 417 g/mol. The van der Waals surface area contributed by atoms with E-state index in [1.165, 1.54) is 0 Å². The molecule has 0 radical (unpaired) electrons. The van der Waals surface area contributed by atoms with E-state index in [0.29, 0.717) is 23.7 Å². The number of carbonyl (C=O) groups excluding carboxylic acids is 2. The number of aliphatic imine (C=N–C) groups is 1. The summed E-state index contributed by atoms with van der Waals surface area (Å²) in [7, 11) is 0. The highest BCUT2D eigenvalue weighted by atomic mass is 35.5. The lowest BCUT2D eigenvalue weighted by molar-refractivity contribution is -0.140. The van der Waals surface area contributed by atoms with Gasteiger partial charge in [-0.05, 0) is 50.3 Å². The zero-order valence-electron chi connectivity index (χ0n) is 16.2. The maximum Gasteiger partial charge on any atom is 0.247 e. The number of likely N-dealkylation sites (tertiary alicyclic amines) is 2. The van der Waals surface area contributed by atoms with E-state index in [0.717, 1.165) is 38.8 Å². The van der Waals surface area contributed by atoms with E-state index >= 15 is 0 Å². The van der Waals surface area contributed by atoms with Crippen LogP contribution in [0, 0.1) is 11.5 Å². The van der Waals surface area contributed by atoms with Gasteiger partial charge in [-0.1, -0.05) is 17.7 Å². The summed E-state index contributed by atoms with van der Waals surface area (Å²) < 4.78 is 0. The Hall–Kier alpha value is -2.79. The quantitative estimate of drug-likeness (QED) is 0.339. The second-order valence-corrected chi connectivity index (χ2v) is 7.65. The molecule has 0 saturated carbocycles. The van der Waals surface area contributed by atoms with Crippen LogP contribution in [0.3, 0.4) is 0 Å². The zero-order chi connectivity index (χ0) is 20.6. The van der Waals surface area contributed by atoms with Crippen molar-refractivity contribution in [1.29, 1.82) is 5.26 Å². The smallest absolute Gasteiger partial charge is 0.247 e. The van der Waals surface area contributed by atoms with Crippen LogP contribution in [0.25, 0.3) is 0 Å². The van der Waals surface area contributed by atoms with Gasteiger partial charge in [-0.25, -0.2) is 4.99 Å². The van der Waals surface area contributed by atoms with Gasteiger partial charge < -0.3 is 15.1 Å². The molecule has 2 saturated heterocycles. The summed E-state index contributed by atoms with van der Waals surface area (Å²) in [6.45, 7) is 2.17. The lowest BCUT2D eigenvalue weighted by Crippen LogP contribution is -2.45. The molecule has 1 aromatic rings. The number of hydrogen-bond donors (Lipinski definition) is 2. The molecule has 8 nitrogen and oxygen atoms in total. The predicted octanol–water partition coefficient (Wildman–Crippen LogP) is 2.18. The molecule has 2 heterocycles. The first kappa shape index (κ1) is 20.9. The monoisotopic (exact) mass is 416 g/mol. The van der Waals surface area contributed by atoms with E-state index in [1.54, 1.807) is 29.2 Å². The Bertz CT molecular complexity index is 815. The van der Waals surface area contributed by atoms with E-state index in [-0.39, 0.29) is 24.3 Å². The fourth-order valence-electron chi connectivity index (χ4n) is 3.60. The second-order valence-electron chi connectivity index (χ2n) is 7.21. The topological polar surface area (TPSA) is 101 Å². The minimum absolute atomic E-state index is 0.00657. The second kappa shape index (κ2) is 10.1. The van der Waals surface area contributed by atoms with Gasteiger partial charge >= 0.3 is 0 Å². The van der Waals surface area contributed by atoms with E-state index in [1.807, 2.05) is 11.1 Å². The Morgan fingerprint density at radius 2 is 2.00 bits per heavy atom. The lowest BCUT2D eigenvalue weighted by Gasteiger charge is -2.25. The van der Waals surface area contributed by atoms with Crippen LogP contribution in [0.1, 0.15) is 32.1 Å². The Kier molecular flexibility index (Phi) is 7.30. The van der Waals surface area contributed by atoms with Gasteiger partial charge in [-0.15, -0.1) is 0 Å². The van der Waals surface area contributed by atoms with Crippen molar-refractivity contribution in [3.05, 3.63) is 29.3 Å². The van der Waals surface area contributed by atoms with E-state index in [2.05, 4.69) is 15.6 Å². The third-order valence-electron chi connectivity index (χ3n) is 5.08. The number of halogens is 1. The van der Waals surface area contributed by atoms with Crippen molar-refractivity contribution in [3.63, 3.8) is 0 Å². The molecule has 2 aliphatic rings. The Morgan fingerprint density at radius 3 is 2.72 bits per heavy atom. The van der Waals surface area contributed by atoms with Gasteiger partial charge in [0.2, 0.25) is 17.8 Å². The number of carbonyl (C=O) groups is 2. The minimum Gasteiger partial charge on any atom is -0.341 e. The van der Waals surface area contributed by atoms with Crippen molar-refractivity contribution in [2.45, 2.75) is 38.1 Å². The number of nitriles is 1. The number of nitrogens with zero attached hydrogens (tertiary/aromatic N) is 4. The van der Waals surface area contributed by atoms with E-state index in [4.69, 9.17) is 16.9 Å². The SMILES string of the molecule is N#CNC(=NC1CCCCN(CC(=O)N2CCCC2)C1=O)Nc1cccc(Cl)c1. The first-order chi connectivity index (χ1) is 14.1. The highest BCUT2D eigenvalue weighted by Gasteiger charge is 2.30. The molecule has 0 spiro atoms. The highest BCUT2D eigenvalue weighted by molar-refractivity contribution is 6.30. The first-order valence-corrected chi connectivity index (χ1v) is 10.3. The molecule has 2 fully saturated rings. The van der Waals surface area contributed by atoms with Crippen LogP contribution in [0.15, 0.2) is 29.3 Å². The molecule has 0 aliphatic carbocycles. The highest BCUT2D eigenvalue weighted by Crippen LogP contribution is 2.18. The van der Waals surface area contributed by atoms with Gasteiger partial charge in [0.1, 0.15) is 6.04 Å². The molecular formula is C20H25ClN6O2. The first-order valence-electron chi connectivity index (χ1n) is 9.89. The van der Waals surface area contributed by atoms with Crippen LogP contribution >= 0.6 is 11.6 Å². The Balaban J connectivity index is 1.72. The van der Waals surface area contributed by atoms with Crippen LogP contribution in [0.4, 0.5) is 5.69 Å². The van der Waals surface area contributed by atoms with Crippen LogP contribution in [0.5, 0.6) is 0 Å². The fourth-order valence-corrected chi connectivity index (χ4v) is 3.79. The van der Waals surface area contributed by atoms with Gasteiger partial charge in [0.15, 0.2) is 6.19 Å². The molecule has 29 heavy (non-hydrogen) atoms. The summed E-state index contributed by atoms with van der Waals surface area (Å²) in [6, 6.07) is 6.36. The molecule has 1 aromatic carbocycles. The summed E-state index contributed by atoms with van der Waals surface area (Å²) in [5, 5.41) is 15.1. The summed E-state index contributed by atoms with van der Waals surface area (Å²) in [5.74, 6) is -0.00563. The van der Waals surface area contributed by atoms with Crippen LogP contribution in [-0.4, -0.2) is 59.8 Å². The molecule has 0 aromatic heterocycles. The molecule has 9 heteroatoms. The van der Waals surface area contributed by atoms with Crippen LogP contribution < -0.4 is 10.6 Å². The number of anilines is 1. The van der Waals surface area contributed by atoms with Crippen molar-refractivity contribution >= 4 is 35.1 Å². The third-order valence-corrected chi connectivity index (χ3v) is 5.32. The van der Waals surface area contributed by atoms with Gasteiger partial charge in [-0.2, -0.15) is 5.26 Å². The van der Waals surface area contributed by atoms with Crippen molar-refractivity contribution < 1.29 is 9.59 Å². The lowest BCUT2D eigenvalue weighted by atomic mass is 10.1. The predicted molar refractivity (Wildman–Crippen MR) is 111 cm³/mol.